The Morgan fingerprint density at radius 2 is 0.739 bits per heavy atom. The second-order valence-corrected chi connectivity index (χ2v) is 17.2. The number of rotatable bonds is 26. The maximum absolute atomic E-state index is 12.3. The van der Waals surface area contributed by atoms with Crippen molar-refractivity contribution in [3.05, 3.63) is 228 Å². The zero-order valence-corrected chi connectivity index (χ0v) is 39.0. The summed E-state index contributed by atoms with van der Waals surface area (Å²) in [5, 5.41) is 12.3. The van der Waals surface area contributed by atoms with Crippen molar-refractivity contribution in [2.75, 3.05) is 19.8 Å². The third-order valence-corrected chi connectivity index (χ3v) is 12.0. The SMILES string of the molecule is C=CCCO[C@H]1O[C@H](COCc2ccccc2)[C@@H](O[C@@H]2OC(COCc3ccccc3)[C@H](O)[C@H](OCc3ccccc3)C2OCc2ccccc2)C(OCc2ccccc2)C1OCc1ccccc1. The Hall–Kier alpha value is -5.38. The van der Waals surface area contributed by atoms with Crippen LogP contribution in [0, 0.1) is 0 Å². The molecular formula is C58H64O11. The number of hydrogen-bond donors (Lipinski definition) is 1. The molecule has 362 valence electrons. The summed E-state index contributed by atoms with van der Waals surface area (Å²) in [5.74, 6) is 0. The molecule has 0 aromatic heterocycles. The summed E-state index contributed by atoms with van der Waals surface area (Å²) in [5.41, 5.74) is 5.76. The molecule has 2 saturated heterocycles. The minimum atomic E-state index is -1.17. The molecule has 0 aliphatic carbocycles. The lowest BCUT2D eigenvalue weighted by Gasteiger charge is -2.49. The largest absolute Gasteiger partial charge is 0.387 e. The Balaban J connectivity index is 1.17. The fourth-order valence-corrected chi connectivity index (χ4v) is 8.41. The van der Waals surface area contributed by atoms with E-state index < -0.39 is 61.4 Å². The number of aliphatic hydroxyl groups excluding tert-OH is 1. The second kappa shape index (κ2) is 27.1. The predicted molar refractivity (Wildman–Crippen MR) is 261 cm³/mol. The van der Waals surface area contributed by atoms with Crippen molar-refractivity contribution >= 4 is 0 Å². The molecule has 11 heteroatoms. The molecule has 0 spiro atoms. The number of benzene rings is 6. The molecule has 69 heavy (non-hydrogen) atoms. The zero-order chi connectivity index (χ0) is 47.3. The van der Waals surface area contributed by atoms with Crippen LogP contribution in [-0.4, -0.2) is 86.3 Å². The van der Waals surface area contributed by atoms with Gasteiger partial charge in [-0.25, -0.2) is 0 Å². The lowest BCUT2D eigenvalue weighted by molar-refractivity contribution is -0.375. The van der Waals surface area contributed by atoms with Crippen molar-refractivity contribution < 1.29 is 52.5 Å². The first kappa shape index (κ1) is 50.0. The zero-order valence-electron chi connectivity index (χ0n) is 39.0. The van der Waals surface area contributed by atoms with E-state index in [1.807, 2.05) is 182 Å². The van der Waals surface area contributed by atoms with Crippen molar-refractivity contribution in [1.82, 2.24) is 0 Å². The molecule has 2 fully saturated rings. The maximum Gasteiger partial charge on any atom is 0.187 e. The van der Waals surface area contributed by atoms with E-state index in [1.54, 1.807) is 6.08 Å². The molecule has 2 heterocycles. The second-order valence-electron chi connectivity index (χ2n) is 17.2. The molecule has 6 aromatic rings. The maximum atomic E-state index is 12.3. The van der Waals surface area contributed by atoms with E-state index in [-0.39, 0.29) is 39.6 Å². The van der Waals surface area contributed by atoms with E-state index in [4.69, 9.17) is 47.4 Å². The van der Waals surface area contributed by atoms with Gasteiger partial charge in [0, 0.05) is 0 Å². The normalized spacial score (nSPS) is 24.7. The predicted octanol–water partition coefficient (Wildman–Crippen LogP) is 9.55. The van der Waals surface area contributed by atoms with Crippen molar-refractivity contribution in [3.8, 4) is 0 Å². The van der Waals surface area contributed by atoms with E-state index >= 15 is 0 Å². The smallest absolute Gasteiger partial charge is 0.187 e. The molecule has 8 rings (SSSR count). The molecule has 11 nitrogen and oxygen atoms in total. The van der Waals surface area contributed by atoms with Gasteiger partial charge in [0.2, 0.25) is 0 Å². The van der Waals surface area contributed by atoms with Crippen LogP contribution < -0.4 is 0 Å². The minimum Gasteiger partial charge on any atom is -0.387 e. The van der Waals surface area contributed by atoms with Gasteiger partial charge in [-0.15, -0.1) is 6.58 Å². The van der Waals surface area contributed by atoms with Crippen molar-refractivity contribution in [1.29, 1.82) is 0 Å². The number of aliphatic hydroxyl groups is 1. The van der Waals surface area contributed by atoms with Crippen molar-refractivity contribution in [2.24, 2.45) is 0 Å². The van der Waals surface area contributed by atoms with Gasteiger partial charge < -0.3 is 52.5 Å². The van der Waals surface area contributed by atoms with E-state index in [2.05, 4.69) is 6.58 Å². The van der Waals surface area contributed by atoms with Gasteiger partial charge in [0.1, 0.15) is 48.8 Å². The lowest BCUT2D eigenvalue weighted by atomic mass is 9.96. The van der Waals surface area contributed by atoms with Crippen LogP contribution in [0.4, 0.5) is 0 Å². The molecule has 0 saturated carbocycles. The fraction of sp³-hybridized carbons (Fsp3) is 0.345. The topological polar surface area (TPSA) is 113 Å². The first-order valence-corrected chi connectivity index (χ1v) is 23.8. The van der Waals surface area contributed by atoms with Gasteiger partial charge in [0.05, 0.1) is 59.5 Å². The summed E-state index contributed by atoms with van der Waals surface area (Å²) in [7, 11) is 0. The number of hydrogen-bond acceptors (Lipinski definition) is 11. The van der Waals surface area contributed by atoms with Gasteiger partial charge in [-0.3, -0.25) is 0 Å². The molecular weight excluding hydrogens is 873 g/mol. The molecule has 0 radical (unpaired) electrons. The standard InChI is InChI=1S/C58H64O11/c1-2-3-34-62-57-56(66-40-48-32-20-9-21-33-48)54(64-38-46-28-16-7-17-29-46)52(50(68-57)42-61-36-44-24-12-5-13-25-44)69-58-55(65-39-47-30-18-8-19-31-47)53(63-37-45-26-14-6-15-27-45)51(59)49(67-58)41-60-35-43-22-10-4-11-23-43/h2,4-33,49-59H,1,3,34-42H2/t49?,50-,51+,52-,53+,54?,55?,56?,57+,58+/m1/s1. The van der Waals surface area contributed by atoms with Gasteiger partial charge in [0.15, 0.2) is 12.6 Å². The summed E-state index contributed by atoms with van der Waals surface area (Å²) in [6.07, 6.45) is -6.90. The fourth-order valence-electron chi connectivity index (χ4n) is 8.41. The van der Waals surface area contributed by atoms with Gasteiger partial charge in [-0.05, 0) is 39.8 Å². The van der Waals surface area contributed by atoms with Gasteiger partial charge >= 0.3 is 0 Å². The Kier molecular flexibility index (Phi) is 19.7. The monoisotopic (exact) mass is 936 g/mol. The van der Waals surface area contributed by atoms with E-state index in [0.717, 1.165) is 33.4 Å². The summed E-state index contributed by atoms with van der Waals surface area (Å²) in [6.45, 7) is 5.87. The van der Waals surface area contributed by atoms with Gasteiger partial charge in [-0.1, -0.05) is 188 Å². The minimum absolute atomic E-state index is 0.0350. The van der Waals surface area contributed by atoms with E-state index in [0.29, 0.717) is 26.2 Å². The highest BCUT2D eigenvalue weighted by atomic mass is 16.8. The van der Waals surface area contributed by atoms with Crippen LogP contribution in [0.5, 0.6) is 0 Å². The Morgan fingerprint density at radius 1 is 0.391 bits per heavy atom. The molecule has 4 unspecified atom stereocenters. The van der Waals surface area contributed by atoms with Gasteiger partial charge in [-0.2, -0.15) is 0 Å². The summed E-state index contributed by atoms with van der Waals surface area (Å²) >= 11 is 0. The lowest BCUT2D eigenvalue weighted by Crippen LogP contribution is -2.66. The summed E-state index contributed by atoms with van der Waals surface area (Å²) in [6, 6.07) is 59.4. The van der Waals surface area contributed by atoms with Gasteiger partial charge in [0.25, 0.3) is 0 Å². The van der Waals surface area contributed by atoms with Crippen LogP contribution in [0.1, 0.15) is 39.8 Å². The highest BCUT2D eigenvalue weighted by Gasteiger charge is 2.54. The van der Waals surface area contributed by atoms with Crippen LogP contribution in [0.15, 0.2) is 195 Å². The third-order valence-electron chi connectivity index (χ3n) is 12.0. The Morgan fingerprint density at radius 3 is 1.16 bits per heavy atom. The van der Waals surface area contributed by atoms with Crippen LogP contribution >= 0.6 is 0 Å². The van der Waals surface area contributed by atoms with Crippen LogP contribution in [0.25, 0.3) is 0 Å². The average Bonchev–Trinajstić information content (AvgIpc) is 3.40. The molecule has 2 aliphatic heterocycles. The van der Waals surface area contributed by atoms with Crippen LogP contribution in [0.3, 0.4) is 0 Å². The summed E-state index contributed by atoms with van der Waals surface area (Å²) in [4.78, 5) is 0. The van der Waals surface area contributed by atoms with Crippen LogP contribution in [0.2, 0.25) is 0 Å². The molecule has 0 bridgehead atoms. The van der Waals surface area contributed by atoms with E-state index in [1.165, 1.54) is 0 Å². The average molecular weight is 937 g/mol. The molecule has 2 aliphatic rings. The number of ether oxygens (including phenoxy) is 10. The summed E-state index contributed by atoms with van der Waals surface area (Å²) < 4.78 is 67.9. The van der Waals surface area contributed by atoms with E-state index in [9.17, 15) is 5.11 Å². The highest BCUT2D eigenvalue weighted by molar-refractivity contribution is 5.18. The molecule has 1 N–H and O–H groups in total. The first-order chi connectivity index (χ1) is 34.1. The Bertz CT molecular complexity index is 2310. The quantitative estimate of drug-likeness (QED) is 0.0415. The first-order valence-electron chi connectivity index (χ1n) is 23.8. The third kappa shape index (κ3) is 15.1. The molecule has 6 aromatic carbocycles. The van der Waals surface area contributed by atoms with Crippen molar-refractivity contribution in [3.63, 3.8) is 0 Å². The molecule has 10 atom stereocenters. The van der Waals surface area contributed by atoms with Crippen molar-refractivity contribution in [2.45, 2.75) is 107 Å². The Labute approximate surface area is 406 Å². The molecule has 0 amide bonds. The van der Waals surface area contributed by atoms with Crippen LogP contribution in [-0.2, 0) is 87.0 Å². The highest BCUT2D eigenvalue weighted by Crippen LogP contribution is 2.36.